The largest absolute Gasteiger partial charge is 0.423 e. The van der Waals surface area contributed by atoms with Crippen molar-refractivity contribution in [1.29, 1.82) is 0 Å². The minimum absolute atomic E-state index is 0.212. The predicted octanol–water partition coefficient (Wildman–Crippen LogP) is 5.83. The summed E-state index contributed by atoms with van der Waals surface area (Å²) in [4.78, 5) is 12.0. The van der Waals surface area contributed by atoms with E-state index in [2.05, 4.69) is 0 Å². The second kappa shape index (κ2) is 6.23. The van der Waals surface area contributed by atoms with Gasteiger partial charge in [-0.05, 0) is 42.8 Å². The molecule has 0 aliphatic carbocycles. The molecule has 2 aromatic rings. The van der Waals surface area contributed by atoms with Gasteiger partial charge in [-0.3, -0.25) is 0 Å². The van der Waals surface area contributed by atoms with Crippen LogP contribution in [0.1, 0.15) is 15.9 Å². The maximum absolute atomic E-state index is 12.0. The van der Waals surface area contributed by atoms with Gasteiger partial charge < -0.3 is 4.74 Å². The zero-order valence-corrected chi connectivity index (χ0v) is 13.2. The Morgan fingerprint density at radius 1 is 0.950 bits per heavy atom. The van der Waals surface area contributed by atoms with Crippen LogP contribution in [-0.4, -0.2) is 5.97 Å². The minimum Gasteiger partial charge on any atom is -0.423 e. The Balaban J connectivity index is 2.28. The van der Waals surface area contributed by atoms with Crippen molar-refractivity contribution in [2.75, 3.05) is 0 Å². The summed E-state index contributed by atoms with van der Waals surface area (Å²) in [6.07, 6.45) is 0. The van der Waals surface area contributed by atoms with Gasteiger partial charge in [-0.25, -0.2) is 4.79 Å². The molecule has 20 heavy (non-hydrogen) atoms. The normalized spacial score (nSPS) is 10.4. The van der Waals surface area contributed by atoms with E-state index in [4.69, 9.17) is 51.1 Å². The lowest BCUT2D eigenvalue weighted by molar-refractivity contribution is 0.0735. The van der Waals surface area contributed by atoms with Crippen molar-refractivity contribution in [1.82, 2.24) is 0 Å². The van der Waals surface area contributed by atoms with Crippen molar-refractivity contribution in [3.05, 3.63) is 61.5 Å². The fourth-order valence-corrected chi connectivity index (χ4v) is 2.45. The summed E-state index contributed by atoms with van der Waals surface area (Å²) in [6, 6.07) is 7.55. The summed E-state index contributed by atoms with van der Waals surface area (Å²) in [5, 5.41) is 1.49. The van der Waals surface area contributed by atoms with Gasteiger partial charge in [0.05, 0.1) is 10.6 Å². The van der Waals surface area contributed by atoms with Crippen LogP contribution in [0, 0.1) is 6.92 Å². The zero-order chi connectivity index (χ0) is 14.9. The van der Waals surface area contributed by atoms with E-state index in [1.165, 1.54) is 24.3 Å². The highest BCUT2D eigenvalue weighted by Gasteiger charge is 2.14. The van der Waals surface area contributed by atoms with Crippen molar-refractivity contribution in [2.24, 2.45) is 0 Å². The minimum atomic E-state index is -0.609. The molecule has 2 nitrogen and oxygen atoms in total. The van der Waals surface area contributed by atoms with Gasteiger partial charge in [0, 0.05) is 15.1 Å². The third kappa shape index (κ3) is 3.39. The molecule has 0 saturated heterocycles. The summed E-state index contributed by atoms with van der Waals surface area (Å²) in [5.74, 6) is -0.357. The number of benzene rings is 2. The van der Waals surface area contributed by atoms with Crippen LogP contribution in [0.5, 0.6) is 5.75 Å². The first kappa shape index (κ1) is 15.5. The Labute approximate surface area is 136 Å². The van der Waals surface area contributed by atoms with Crippen molar-refractivity contribution < 1.29 is 9.53 Å². The second-order valence-corrected chi connectivity index (χ2v) is 5.68. The van der Waals surface area contributed by atoms with Crippen LogP contribution >= 0.6 is 46.4 Å². The van der Waals surface area contributed by atoms with Crippen LogP contribution in [0.4, 0.5) is 0 Å². The smallest absolute Gasteiger partial charge is 0.345 e. The number of ether oxygens (including phenoxy) is 1. The van der Waals surface area contributed by atoms with Gasteiger partial charge >= 0.3 is 5.97 Å². The summed E-state index contributed by atoms with van der Waals surface area (Å²) >= 11 is 23.7. The molecule has 104 valence electrons. The van der Waals surface area contributed by atoms with Gasteiger partial charge in [-0.1, -0.05) is 46.4 Å². The Morgan fingerprint density at radius 3 is 2.10 bits per heavy atom. The molecule has 0 bridgehead atoms. The van der Waals surface area contributed by atoms with Gasteiger partial charge in [0.15, 0.2) is 0 Å². The molecule has 0 N–H and O–H groups in total. The van der Waals surface area contributed by atoms with Crippen molar-refractivity contribution in [3.8, 4) is 5.75 Å². The van der Waals surface area contributed by atoms with Crippen LogP contribution in [0.15, 0.2) is 30.3 Å². The number of hydrogen-bond donors (Lipinski definition) is 0. The van der Waals surface area contributed by atoms with Gasteiger partial charge in [-0.2, -0.15) is 0 Å². The van der Waals surface area contributed by atoms with Gasteiger partial charge in [0.1, 0.15) is 5.75 Å². The summed E-state index contributed by atoms with van der Waals surface area (Å²) in [5.41, 5.74) is 0.932. The molecule has 0 aliphatic rings. The van der Waals surface area contributed by atoms with Gasteiger partial charge in [0.25, 0.3) is 0 Å². The molecule has 2 aromatic carbocycles. The number of hydrogen-bond acceptors (Lipinski definition) is 2. The SMILES string of the molecule is Cc1c(Cl)cc(OC(=O)c2ccc(Cl)cc2Cl)cc1Cl. The van der Waals surface area contributed by atoms with Gasteiger partial charge in [-0.15, -0.1) is 0 Å². The number of carbonyl (C=O) groups is 1. The van der Waals surface area contributed by atoms with Gasteiger partial charge in [0.2, 0.25) is 0 Å². The standard InChI is InChI=1S/C14H8Cl4O2/c1-7-11(16)5-9(6-12(7)17)20-14(19)10-3-2-8(15)4-13(10)18/h2-6H,1H3. The molecular weight excluding hydrogens is 342 g/mol. The average molecular weight is 350 g/mol. The highest BCUT2D eigenvalue weighted by atomic mass is 35.5. The molecular formula is C14H8Cl4O2. The number of halogens is 4. The van der Waals surface area contributed by atoms with E-state index in [1.807, 2.05) is 0 Å². The first-order valence-electron chi connectivity index (χ1n) is 5.51. The molecule has 0 unspecified atom stereocenters. The highest BCUT2D eigenvalue weighted by Crippen LogP contribution is 2.30. The average Bonchev–Trinajstić information content (AvgIpc) is 2.35. The predicted molar refractivity (Wildman–Crippen MR) is 82.6 cm³/mol. The highest BCUT2D eigenvalue weighted by molar-refractivity contribution is 6.37. The molecule has 0 aromatic heterocycles. The summed E-state index contributed by atoms with van der Waals surface area (Å²) < 4.78 is 5.20. The Bertz CT molecular complexity index is 660. The number of esters is 1. The fourth-order valence-electron chi connectivity index (χ4n) is 1.50. The Hall–Kier alpha value is -0.930. The topological polar surface area (TPSA) is 26.3 Å². The molecule has 0 saturated carbocycles. The van der Waals surface area contributed by atoms with Crippen LogP contribution < -0.4 is 4.74 Å². The Morgan fingerprint density at radius 2 is 1.55 bits per heavy atom. The molecule has 0 radical (unpaired) electrons. The lowest BCUT2D eigenvalue weighted by Gasteiger charge is -2.08. The molecule has 2 rings (SSSR count). The third-order valence-corrected chi connectivity index (χ3v) is 3.95. The molecule has 6 heteroatoms. The van der Waals surface area contributed by atoms with E-state index in [0.717, 1.165) is 5.56 Å². The first-order chi connectivity index (χ1) is 9.38. The molecule has 0 spiro atoms. The van der Waals surface area contributed by atoms with Crippen molar-refractivity contribution >= 4 is 52.4 Å². The quantitative estimate of drug-likeness (QED) is 0.503. The lowest BCUT2D eigenvalue weighted by atomic mass is 10.2. The first-order valence-corrected chi connectivity index (χ1v) is 7.02. The molecule has 0 fully saturated rings. The molecule has 0 amide bonds. The maximum atomic E-state index is 12.0. The number of rotatable bonds is 2. The van der Waals surface area contributed by atoms with E-state index < -0.39 is 5.97 Å². The molecule has 0 atom stereocenters. The summed E-state index contributed by atoms with van der Waals surface area (Å²) in [7, 11) is 0. The van der Waals surface area contributed by atoms with Crippen LogP contribution in [0.25, 0.3) is 0 Å². The van der Waals surface area contributed by atoms with Crippen molar-refractivity contribution in [2.45, 2.75) is 6.92 Å². The van der Waals surface area contributed by atoms with E-state index in [9.17, 15) is 4.79 Å². The fraction of sp³-hybridized carbons (Fsp3) is 0.0714. The third-order valence-electron chi connectivity index (χ3n) is 2.62. The molecule has 0 aliphatic heterocycles. The maximum Gasteiger partial charge on any atom is 0.345 e. The molecule has 0 heterocycles. The summed E-state index contributed by atoms with van der Waals surface area (Å²) in [6.45, 7) is 1.77. The number of carbonyl (C=O) groups excluding carboxylic acids is 1. The second-order valence-electron chi connectivity index (χ2n) is 4.03. The lowest BCUT2D eigenvalue weighted by Crippen LogP contribution is -2.09. The van der Waals surface area contributed by atoms with Crippen LogP contribution in [-0.2, 0) is 0 Å². The Kier molecular flexibility index (Phi) is 4.82. The van der Waals surface area contributed by atoms with E-state index >= 15 is 0 Å². The van der Waals surface area contributed by atoms with E-state index in [-0.39, 0.29) is 16.3 Å². The van der Waals surface area contributed by atoms with Crippen molar-refractivity contribution in [3.63, 3.8) is 0 Å². The van der Waals surface area contributed by atoms with Crippen LogP contribution in [0.2, 0.25) is 20.1 Å². The van der Waals surface area contributed by atoms with Crippen LogP contribution in [0.3, 0.4) is 0 Å². The van der Waals surface area contributed by atoms with E-state index in [1.54, 1.807) is 13.0 Å². The monoisotopic (exact) mass is 348 g/mol. The zero-order valence-electron chi connectivity index (χ0n) is 10.2. The van der Waals surface area contributed by atoms with E-state index in [0.29, 0.717) is 15.1 Å².